The first-order chi connectivity index (χ1) is 13.0. The topological polar surface area (TPSA) is 102 Å². The molecule has 1 fully saturated rings. The molecule has 0 spiro atoms. The van der Waals surface area contributed by atoms with Crippen LogP contribution in [0.3, 0.4) is 0 Å². The minimum absolute atomic E-state index is 0.0212. The second-order valence-corrected chi connectivity index (χ2v) is 8.11. The molecule has 1 aromatic carbocycles. The van der Waals surface area contributed by atoms with Crippen molar-refractivity contribution < 1.29 is 26.5 Å². The molecule has 0 aliphatic carbocycles. The summed E-state index contributed by atoms with van der Waals surface area (Å²) >= 11 is 0. The van der Waals surface area contributed by atoms with Crippen molar-refractivity contribution in [2.45, 2.75) is 11.2 Å². The van der Waals surface area contributed by atoms with Crippen molar-refractivity contribution in [2.24, 2.45) is 7.05 Å². The molecule has 0 saturated carbocycles. The molecule has 0 unspecified atom stereocenters. The molecule has 13 heteroatoms. The third-order valence-electron chi connectivity index (χ3n) is 4.36. The Morgan fingerprint density at radius 3 is 2.32 bits per heavy atom. The Morgan fingerprint density at radius 1 is 1.18 bits per heavy atom. The van der Waals surface area contributed by atoms with E-state index in [2.05, 4.69) is 4.98 Å². The van der Waals surface area contributed by atoms with E-state index in [1.807, 2.05) is 0 Å². The van der Waals surface area contributed by atoms with E-state index in [4.69, 9.17) is 0 Å². The van der Waals surface area contributed by atoms with Gasteiger partial charge < -0.3 is 9.47 Å². The lowest BCUT2D eigenvalue weighted by Gasteiger charge is -2.34. The van der Waals surface area contributed by atoms with Crippen LogP contribution in [0.5, 0.6) is 0 Å². The van der Waals surface area contributed by atoms with Gasteiger partial charge in [0.15, 0.2) is 5.03 Å². The zero-order chi connectivity index (χ0) is 20.7. The number of benzene rings is 1. The monoisotopic (exact) mass is 419 g/mol. The van der Waals surface area contributed by atoms with Gasteiger partial charge in [-0.05, 0) is 12.1 Å². The number of piperazine rings is 1. The summed E-state index contributed by atoms with van der Waals surface area (Å²) in [4.78, 5) is 15.7. The first kappa shape index (κ1) is 20.1. The average molecular weight is 419 g/mol. The molecule has 28 heavy (non-hydrogen) atoms. The molecule has 1 aliphatic rings. The molecule has 0 bridgehead atoms. The number of imidazole rings is 1. The van der Waals surface area contributed by atoms with Crippen molar-refractivity contribution in [1.29, 1.82) is 0 Å². The molecule has 0 amide bonds. The SMILES string of the molecule is Cn1cnc(S(=O)(=O)N2CCN(c3ccc(C(F)(F)F)cc3[N+](=O)[O-])CC2)c1. The quantitative estimate of drug-likeness (QED) is 0.554. The Kier molecular flexibility index (Phi) is 5.06. The van der Waals surface area contributed by atoms with Crippen LogP contribution in [0.25, 0.3) is 0 Å². The van der Waals surface area contributed by atoms with E-state index >= 15 is 0 Å². The molecule has 152 valence electrons. The van der Waals surface area contributed by atoms with Gasteiger partial charge >= 0.3 is 6.18 Å². The van der Waals surface area contributed by atoms with Gasteiger partial charge in [-0.3, -0.25) is 10.1 Å². The normalized spacial score (nSPS) is 16.4. The third kappa shape index (κ3) is 3.80. The van der Waals surface area contributed by atoms with Gasteiger partial charge in [-0.25, -0.2) is 13.4 Å². The molecule has 1 saturated heterocycles. The molecule has 2 heterocycles. The summed E-state index contributed by atoms with van der Waals surface area (Å²) < 4.78 is 66.3. The van der Waals surface area contributed by atoms with E-state index in [0.29, 0.717) is 6.07 Å². The van der Waals surface area contributed by atoms with Crippen LogP contribution in [0.4, 0.5) is 24.5 Å². The fourth-order valence-electron chi connectivity index (χ4n) is 2.94. The number of aromatic nitrogens is 2. The Bertz CT molecular complexity index is 997. The zero-order valence-corrected chi connectivity index (χ0v) is 15.4. The molecule has 2 aromatic rings. The second kappa shape index (κ2) is 7.05. The summed E-state index contributed by atoms with van der Waals surface area (Å²) in [5.41, 5.74) is -1.76. The Labute approximate surface area is 158 Å². The van der Waals surface area contributed by atoms with Crippen LogP contribution in [0.1, 0.15) is 5.56 Å². The summed E-state index contributed by atoms with van der Waals surface area (Å²) in [6.07, 6.45) is -1.98. The lowest BCUT2D eigenvalue weighted by molar-refractivity contribution is -0.384. The molecular weight excluding hydrogens is 403 g/mol. The number of hydrogen-bond acceptors (Lipinski definition) is 6. The van der Waals surface area contributed by atoms with Gasteiger partial charge in [-0.2, -0.15) is 17.5 Å². The number of aryl methyl sites for hydroxylation is 1. The minimum atomic E-state index is -4.70. The highest BCUT2D eigenvalue weighted by Crippen LogP contribution is 2.37. The molecule has 0 radical (unpaired) electrons. The largest absolute Gasteiger partial charge is 0.416 e. The van der Waals surface area contributed by atoms with Crippen molar-refractivity contribution in [3.8, 4) is 0 Å². The number of halogens is 3. The van der Waals surface area contributed by atoms with E-state index in [0.717, 1.165) is 12.1 Å². The van der Waals surface area contributed by atoms with Gasteiger partial charge in [0.1, 0.15) is 5.69 Å². The van der Waals surface area contributed by atoms with Gasteiger partial charge in [0.2, 0.25) is 0 Å². The highest BCUT2D eigenvalue weighted by atomic mass is 32.2. The van der Waals surface area contributed by atoms with Crippen molar-refractivity contribution in [3.05, 3.63) is 46.4 Å². The summed E-state index contributed by atoms with van der Waals surface area (Å²) in [6.45, 7) is 0.241. The molecule has 9 nitrogen and oxygen atoms in total. The highest BCUT2D eigenvalue weighted by Gasteiger charge is 2.35. The number of hydrogen-bond donors (Lipinski definition) is 0. The van der Waals surface area contributed by atoms with Crippen molar-refractivity contribution >= 4 is 21.4 Å². The Morgan fingerprint density at radius 2 is 1.82 bits per heavy atom. The van der Waals surface area contributed by atoms with Gasteiger partial charge in [0.25, 0.3) is 15.7 Å². The zero-order valence-electron chi connectivity index (χ0n) is 14.6. The summed E-state index contributed by atoms with van der Waals surface area (Å²) in [5.74, 6) is 0. The lowest BCUT2D eigenvalue weighted by Crippen LogP contribution is -2.48. The van der Waals surface area contributed by atoms with Crippen LogP contribution in [0.2, 0.25) is 0 Å². The van der Waals surface area contributed by atoms with Crippen molar-refractivity contribution in [3.63, 3.8) is 0 Å². The van der Waals surface area contributed by atoms with Gasteiger partial charge in [0, 0.05) is 45.5 Å². The molecule has 3 rings (SSSR count). The Hall–Kier alpha value is -2.67. The highest BCUT2D eigenvalue weighted by molar-refractivity contribution is 7.89. The van der Waals surface area contributed by atoms with Crippen LogP contribution >= 0.6 is 0 Å². The van der Waals surface area contributed by atoms with E-state index in [9.17, 15) is 31.7 Å². The predicted molar refractivity (Wildman–Crippen MR) is 92.3 cm³/mol. The van der Waals surface area contributed by atoms with Gasteiger partial charge in [-0.15, -0.1) is 0 Å². The van der Waals surface area contributed by atoms with Crippen LogP contribution in [-0.4, -0.2) is 53.4 Å². The smallest absolute Gasteiger partial charge is 0.363 e. The summed E-state index contributed by atoms with van der Waals surface area (Å²) in [6, 6.07) is 2.32. The van der Waals surface area contributed by atoms with Crippen LogP contribution in [0.15, 0.2) is 35.7 Å². The Balaban J connectivity index is 1.81. The maximum atomic E-state index is 12.8. The first-order valence-corrected chi connectivity index (χ1v) is 9.53. The lowest BCUT2D eigenvalue weighted by atomic mass is 10.1. The molecule has 1 aliphatic heterocycles. The van der Waals surface area contributed by atoms with Crippen LogP contribution < -0.4 is 4.90 Å². The second-order valence-electron chi connectivity index (χ2n) is 6.23. The fraction of sp³-hybridized carbons (Fsp3) is 0.400. The average Bonchev–Trinajstić information content (AvgIpc) is 3.08. The maximum absolute atomic E-state index is 12.8. The van der Waals surface area contributed by atoms with Crippen molar-refractivity contribution in [2.75, 3.05) is 31.1 Å². The summed E-state index contributed by atoms with van der Waals surface area (Å²) in [5, 5.41) is 11.1. The summed E-state index contributed by atoms with van der Waals surface area (Å²) in [7, 11) is -2.17. The van der Waals surface area contributed by atoms with E-state index in [1.165, 1.54) is 26.3 Å². The first-order valence-electron chi connectivity index (χ1n) is 8.09. The number of nitrogens with zero attached hydrogens (tertiary/aromatic N) is 5. The number of nitro groups is 1. The van der Waals surface area contributed by atoms with Crippen molar-refractivity contribution in [1.82, 2.24) is 13.9 Å². The third-order valence-corrected chi connectivity index (χ3v) is 6.15. The van der Waals surface area contributed by atoms with Crippen LogP contribution in [0, 0.1) is 10.1 Å². The predicted octanol–water partition coefficient (Wildman–Crippen LogP) is 1.86. The van der Waals surface area contributed by atoms with Crippen LogP contribution in [-0.2, 0) is 23.2 Å². The van der Waals surface area contributed by atoms with E-state index in [1.54, 1.807) is 7.05 Å². The standard InChI is InChI=1S/C15H16F3N5O4S/c1-20-9-14(19-10-20)28(26,27)22-6-4-21(5-7-22)12-3-2-11(15(16,17)18)8-13(12)23(24)25/h2-3,8-10H,4-7H2,1H3. The van der Waals surface area contributed by atoms with Gasteiger partial charge in [0.05, 0.1) is 16.8 Å². The molecule has 1 aromatic heterocycles. The molecule has 0 atom stereocenters. The molecule has 0 N–H and O–H groups in total. The minimum Gasteiger partial charge on any atom is -0.363 e. The van der Waals surface area contributed by atoms with E-state index < -0.39 is 32.4 Å². The number of alkyl halides is 3. The molecular formula is C15H16F3N5O4S. The number of rotatable bonds is 4. The number of nitro benzene ring substituents is 1. The number of sulfonamides is 1. The fourth-order valence-corrected chi connectivity index (χ4v) is 4.33. The maximum Gasteiger partial charge on any atom is 0.416 e. The van der Waals surface area contributed by atoms with Gasteiger partial charge in [-0.1, -0.05) is 0 Å². The van der Waals surface area contributed by atoms with E-state index in [-0.39, 0.29) is 36.9 Å². The number of anilines is 1.